The van der Waals surface area contributed by atoms with E-state index in [4.69, 9.17) is 0 Å². The lowest BCUT2D eigenvalue weighted by Crippen LogP contribution is -2.24. The van der Waals surface area contributed by atoms with Crippen LogP contribution in [0.25, 0.3) is 0 Å². The van der Waals surface area contributed by atoms with E-state index < -0.39 is 0 Å². The summed E-state index contributed by atoms with van der Waals surface area (Å²) >= 11 is 3.48. The highest BCUT2D eigenvalue weighted by Gasteiger charge is 2.20. The number of hydrogen-bond donors (Lipinski definition) is 2. The van der Waals surface area contributed by atoms with E-state index in [0.29, 0.717) is 12.0 Å². The van der Waals surface area contributed by atoms with Crippen molar-refractivity contribution in [3.63, 3.8) is 0 Å². The minimum Gasteiger partial charge on any atom is -0.365 e. The molecule has 0 saturated carbocycles. The van der Waals surface area contributed by atoms with Crippen molar-refractivity contribution in [3.05, 3.63) is 10.7 Å². The Kier molecular flexibility index (Phi) is 4.17. The van der Waals surface area contributed by atoms with Gasteiger partial charge in [-0.3, -0.25) is 0 Å². The second kappa shape index (κ2) is 5.64. The van der Waals surface area contributed by atoms with Crippen LogP contribution in [0.2, 0.25) is 0 Å². The lowest BCUT2D eigenvalue weighted by molar-refractivity contribution is 0.414. The van der Waals surface area contributed by atoms with Crippen LogP contribution >= 0.6 is 15.9 Å². The second-order valence-electron chi connectivity index (χ2n) is 4.31. The molecule has 1 aliphatic rings. The van der Waals surface area contributed by atoms with E-state index in [1.165, 1.54) is 0 Å². The number of nitrogens with one attached hydrogen (secondary N) is 2. The van der Waals surface area contributed by atoms with Crippen molar-refractivity contribution < 1.29 is 0 Å². The quantitative estimate of drug-likeness (QED) is 0.888. The summed E-state index contributed by atoms with van der Waals surface area (Å²) in [6.07, 6.45) is 2.94. The van der Waals surface area contributed by atoms with Gasteiger partial charge in [-0.05, 0) is 42.9 Å². The molecule has 1 aliphatic heterocycles. The van der Waals surface area contributed by atoms with Gasteiger partial charge in [0.05, 0.1) is 4.47 Å². The monoisotopic (exact) mass is 299 g/mol. The first-order chi connectivity index (χ1) is 8.19. The summed E-state index contributed by atoms with van der Waals surface area (Å²) in [5.74, 6) is 1.54. The fourth-order valence-corrected chi connectivity index (χ4v) is 2.26. The van der Waals surface area contributed by atoms with E-state index in [1.807, 2.05) is 6.92 Å². The standard InChI is InChI=1S/C11H18BrN5/c1-3-13-11-14-6-9(12)10(16-11)15-8-4-5-17(2)7-8/h6,8H,3-5,7H2,1-2H3,(H2,13,14,15,16). The SMILES string of the molecule is CCNc1ncc(Br)c(NC2CCN(C)C2)n1. The molecule has 2 heterocycles. The zero-order valence-electron chi connectivity index (χ0n) is 10.2. The van der Waals surface area contributed by atoms with Crippen molar-refractivity contribution in [2.45, 2.75) is 19.4 Å². The third kappa shape index (κ3) is 3.29. The predicted octanol–water partition coefficient (Wildman–Crippen LogP) is 1.79. The smallest absolute Gasteiger partial charge is 0.224 e. The molecule has 0 amide bonds. The summed E-state index contributed by atoms with van der Waals surface area (Å²) in [5.41, 5.74) is 0. The molecule has 0 aliphatic carbocycles. The Morgan fingerprint density at radius 2 is 2.41 bits per heavy atom. The highest BCUT2D eigenvalue weighted by molar-refractivity contribution is 9.10. The molecule has 5 nitrogen and oxygen atoms in total. The van der Waals surface area contributed by atoms with Crippen LogP contribution in [0.4, 0.5) is 11.8 Å². The van der Waals surface area contributed by atoms with Gasteiger partial charge in [0.2, 0.25) is 5.95 Å². The van der Waals surface area contributed by atoms with Gasteiger partial charge in [-0.2, -0.15) is 4.98 Å². The van der Waals surface area contributed by atoms with Gasteiger partial charge < -0.3 is 15.5 Å². The topological polar surface area (TPSA) is 53.1 Å². The number of nitrogens with zero attached hydrogens (tertiary/aromatic N) is 3. The predicted molar refractivity (Wildman–Crippen MR) is 73.4 cm³/mol. The highest BCUT2D eigenvalue weighted by Crippen LogP contribution is 2.22. The highest BCUT2D eigenvalue weighted by atomic mass is 79.9. The van der Waals surface area contributed by atoms with Gasteiger partial charge in [-0.15, -0.1) is 0 Å². The van der Waals surface area contributed by atoms with E-state index in [0.717, 1.165) is 36.3 Å². The molecule has 1 aromatic rings. The summed E-state index contributed by atoms with van der Waals surface area (Å²) in [6.45, 7) is 5.06. The van der Waals surface area contributed by atoms with Crippen molar-refractivity contribution in [2.75, 3.05) is 37.3 Å². The lowest BCUT2D eigenvalue weighted by Gasteiger charge is -2.15. The van der Waals surface area contributed by atoms with Crippen LogP contribution in [0.15, 0.2) is 10.7 Å². The molecule has 0 bridgehead atoms. The normalized spacial score (nSPS) is 20.5. The van der Waals surface area contributed by atoms with E-state index in [1.54, 1.807) is 6.20 Å². The van der Waals surface area contributed by atoms with E-state index in [9.17, 15) is 0 Å². The maximum Gasteiger partial charge on any atom is 0.224 e. The minimum absolute atomic E-state index is 0.473. The van der Waals surface area contributed by atoms with Crippen molar-refractivity contribution in [2.24, 2.45) is 0 Å². The van der Waals surface area contributed by atoms with Crippen molar-refractivity contribution in [1.82, 2.24) is 14.9 Å². The van der Waals surface area contributed by atoms with Gasteiger partial charge in [0, 0.05) is 25.3 Å². The van der Waals surface area contributed by atoms with Crippen LogP contribution in [0.1, 0.15) is 13.3 Å². The van der Waals surface area contributed by atoms with Crippen LogP contribution in [-0.2, 0) is 0 Å². The van der Waals surface area contributed by atoms with E-state index in [-0.39, 0.29) is 0 Å². The van der Waals surface area contributed by atoms with Crippen LogP contribution in [0.3, 0.4) is 0 Å². The van der Waals surface area contributed by atoms with Crippen LogP contribution in [-0.4, -0.2) is 47.6 Å². The van der Waals surface area contributed by atoms with Gasteiger partial charge in [-0.25, -0.2) is 4.98 Å². The third-order valence-electron chi connectivity index (χ3n) is 2.81. The van der Waals surface area contributed by atoms with Gasteiger partial charge >= 0.3 is 0 Å². The first-order valence-electron chi connectivity index (χ1n) is 5.90. The average molecular weight is 300 g/mol. The molecular formula is C11H18BrN5. The molecule has 94 valence electrons. The zero-order chi connectivity index (χ0) is 12.3. The van der Waals surface area contributed by atoms with Gasteiger partial charge in [0.15, 0.2) is 0 Å². The van der Waals surface area contributed by atoms with E-state index >= 15 is 0 Å². The molecule has 0 aromatic carbocycles. The molecule has 1 aromatic heterocycles. The van der Waals surface area contributed by atoms with Crippen LogP contribution in [0, 0.1) is 0 Å². The van der Waals surface area contributed by atoms with E-state index in [2.05, 4.69) is 48.5 Å². The zero-order valence-corrected chi connectivity index (χ0v) is 11.8. The van der Waals surface area contributed by atoms with Crippen LogP contribution < -0.4 is 10.6 Å². The lowest BCUT2D eigenvalue weighted by atomic mass is 10.2. The van der Waals surface area contributed by atoms with Crippen molar-refractivity contribution in [3.8, 4) is 0 Å². The molecule has 1 atom stereocenters. The van der Waals surface area contributed by atoms with Gasteiger partial charge in [-0.1, -0.05) is 0 Å². The Morgan fingerprint density at radius 3 is 3.06 bits per heavy atom. The largest absolute Gasteiger partial charge is 0.365 e. The molecule has 1 unspecified atom stereocenters. The Labute approximate surface area is 110 Å². The molecule has 6 heteroatoms. The molecule has 0 spiro atoms. The first kappa shape index (κ1) is 12.6. The second-order valence-corrected chi connectivity index (χ2v) is 5.17. The van der Waals surface area contributed by atoms with Gasteiger partial charge in [0.1, 0.15) is 5.82 Å². The number of aromatic nitrogens is 2. The summed E-state index contributed by atoms with van der Waals surface area (Å²) in [7, 11) is 2.14. The number of halogens is 1. The number of hydrogen-bond acceptors (Lipinski definition) is 5. The fraction of sp³-hybridized carbons (Fsp3) is 0.636. The first-order valence-corrected chi connectivity index (χ1v) is 6.70. The molecule has 2 N–H and O–H groups in total. The molecular weight excluding hydrogens is 282 g/mol. The van der Waals surface area contributed by atoms with Gasteiger partial charge in [0.25, 0.3) is 0 Å². The third-order valence-corrected chi connectivity index (χ3v) is 3.39. The number of anilines is 2. The van der Waals surface area contributed by atoms with Crippen molar-refractivity contribution >= 4 is 27.7 Å². The summed E-state index contributed by atoms with van der Waals surface area (Å²) in [5, 5.41) is 6.57. The molecule has 0 radical (unpaired) electrons. The maximum absolute atomic E-state index is 4.45. The molecule has 1 fully saturated rings. The molecule has 17 heavy (non-hydrogen) atoms. The maximum atomic E-state index is 4.45. The Bertz CT molecular complexity index is 384. The average Bonchev–Trinajstić information content (AvgIpc) is 2.69. The Morgan fingerprint density at radius 1 is 1.59 bits per heavy atom. The Hall–Kier alpha value is -0.880. The summed E-state index contributed by atoms with van der Waals surface area (Å²) in [4.78, 5) is 11.0. The van der Waals surface area contributed by atoms with Crippen LogP contribution in [0.5, 0.6) is 0 Å². The number of likely N-dealkylation sites (tertiary alicyclic amines) is 1. The fourth-order valence-electron chi connectivity index (χ4n) is 1.96. The number of likely N-dealkylation sites (N-methyl/N-ethyl adjacent to an activating group) is 1. The minimum atomic E-state index is 0.473. The molecule has 1 saturated heterocycles. The summed E-state index contributed by atoms with van der Waals surface area (Å²) in [6, 6.07) is 0.473. The number of rotatable bonds is 4. The Balaban J connectivity index is 2.06. The summed E-state index contributed by atoms with van der Waals surface area (Å²) < 4.78 is 0.911. The van der Waals surface area contributed by atoms with Crippen molar-refractivity contribution in [1.29, 1.82) is 0 Å². The molecule has 2 rings (SSSR count).